The second-order valence-corrected chi connectivity index (χ2v) is 7.17. The molecule has 1 amide bonds. The number of amides is 1. The molecule has 0 spiro atoms. The summed E-state index contributed by atoms with van der Waals surface area (Å²) in [5.74, 6) is 6.98. The summed E-state index contributed by atoms with van der Waals surface area (Å²) in [5, 5.41) is 11.4. The van der Waals surface area contributed by atoms with Crippen LogP contribution in [0.5, 0.6) is 0 Å². The highest BCUT2D eigenvalue weighted by Gasteiger charge is 2.16. The standard InChI is InChI=1S/C18H20N6O2S/c19-24-17(15-4-3-11-26-15)21-22-18(24)27-12-16(25)20-13-5-7-14(8-6-13)23-9-1-2-10-23/h3-8,11H,1-2,9-10,12,19H2,(H,20,25). The van der Waals surface area contributed by atoms with E-state index in [0.717, 1.165) is 18.8 Å². The summed E-state index contributed by atoms with van der Waals surface area (Å²) in [5.41, 5.74) is 1.97. The minimum absolute atomic E-state index is 0.128. The van der Waals surface area contributed by atoms with Crippen LogP contribution in [0.2, 0.25) is 0 Å². The van der Waals surface area contributed by atoms with Crippen molar-refractivity contribution >= 4 is 29.0 Å². The van der Waals surface area contributed by atoms with Crippen LogP contribution in [0.1, 0.15) is 12.8 Å². The molecule has 1 aliphatic heterocycles. The Bertz CT molecular complexity index is 901. The first-order valence-corrected chi connectivity index (χ1v) is 9.71. The predicted octanol–water partition coefficient (Wildman–Crippen LogP) is 2.58. The number of nitrogen functional groups attached to an aromatic ring is 1. The van der Waals surface area contributed by atoms with Gasteiger partial charge in [0.2, 0.25) is 16.9 Å². The first-order chi connectivity index (χ1) is 13.2. The molecule has 1 aromatic carbocycles. The molecule has 3 aromatic rings. The van der Waals surface area contributed by atoms with Crippen molar-refractivity contribution in [3.63, 3.8) is 0 Å². The van der Waals surface area contributed by atoms with E-state index < -0.39 is 0 Å². The van der Waals surface area contributed by atoms with Crippen molar-refractivity contribution in [3.05, 3.63) is 42.7 Å². The zero-order valence-corrected chi connectivity index (χ0v) is 15.5. The van der Waals surface area contributed by atoms with Gasteiger partial charge >= 0.3 is 0 Å². The number of benzene rings is 1. The summed E-state index contributed by atoms with van der Waals surface area (Å²) in [7, 11) is 0. The number of anilines is 2. The third-order valence-electron chi connectivity index (χ3n) is 4.36. The van der Waals surface area contributed by atoms with Crippen LogP contribution in [-0.2, 0) is 4.79 Å². The number of nitrogens with one attached hydrogen (secondary N) is 1. The van der Waals surface area contributed by atoms with Gasteiger partial charge in [0.1, 0.15) is 0 Å². The molecule has 0 radical (unpaired) electrons. The van der Waals surface area contributed by atoms with Crippen LogP contribution < -0.4 is 16.1 Å². The van der Waals surface area contributed by atoms with Crippen molar-refractivity contribution in [2.45, 2.75) is 18.0 Å². The number of hydrogen-bond donors (Lipinski definition) is 2. The van der Waals surface area contributed by atoms with Gasteiger partial charge in [-0.25, -0.2) is 4.68 Å². The van der Waals surface area contributed by atoms with E-state index in [4.69, 9.17) is 10.3 Å². The summed E-state index contributed by atoms with van der Waals surface area (Å²) in [6.45, 7) is 2.20. The number of carbonyl (C=O) groups excluding carboxylic acids is 1. The quantitative estimate of drug-likeness (QED) is 0.497. The van der Waals surface area contributed by atoms with Crippen molar-refractivity contribution in [1.29, 1.82) is 0 Å². The molecule has 0 aliphatic carbocycles. The van der Waals surface area contributed by atoms with E-state index in [1.165, 1.54) is 35.0 Å². The van der Waals surface area contributed by atoms with Gasteiger partial charge in [0.05, 0.1) is 12.0 Å². The average Bonchev–Trinajstić information content (AvgIpc) is 3.43. The lowest BCUT2D eigenvalue weighted by atomic mass is 10.2. The number of aromatic nitrogens is 3. The van der Waals surface area contributed by atoms with Crippen LogP contribution in [0, 0.1) is 0 Å². The van der Waals surface area contributed by atoms with Crippen LogP contribution in [-0.4, -0.2) is 39.6 Å². The first kappa shape index (κ1) is 17.5. The van der Waals surface area contributed by atoms with Gasteiger partial charge in [-0.15, -0.1) is 10.2 Å². The molecule has 3 heterocycles. The number of rotatable bonds is 6. The third-order valence-corrected chi connectivity index (χ3v) is 5.30. The Kier molecular flexibility index (Phi) is 5.01. The molecule has 1 saturated heterocycles. The third kappa shape index (κ3) is 3.92. The Morgan fingerprint density at radius 2 is 1.96 bits per heavy atom. The molecule has 0 saturated carbocycles. The van der Waals surface area contributed by atoms with Crippen LogP contribution in [0.3, 0.4) is 0 Å². The highest BCUT2D eigenvalue weighted by atomic mass is 32.2. The normalized spacial score (nSPS) is 13.9. The fraction of sp³-hybridized carbons (Fsp3) is 0.278. The zero-order chi connectivity index (χ0) is 18.6. The van der Waals surface area contributed by atoms with Gasteiger partial charge < -0.3 is 20.5 Å². The molecule has 8 nitrogen and oxygen atoms in total. The van der Waals surface area contributed by atoms with Crippen molar-refractivity contribution in [1.82, 2.24) is 14.9 Å². The minimum Gasteiger partial charge on any atom is -0.461 e. The molecular formula is C18H20N6O2S. The maximum Gasteiger partial charge on any atom is 0.234 e. The summed E-state index contributed by atoms with van der Waals surface area (Å²) in [6.07, 6.45) is 4.02. The number of carbonyl (C=O) groups is 1. The van der Waals surface area contributed by atoms with Crippen molar-refractivity contribution < 1.29 is 9.21 Å². The Labute approximate surface area is 160 Å². The van der Waals surface area contributed by atoms with Crippen LogP contribution >= 0.6 is 11.8 Å². The molecule has 0 bridgehead atoms. The average molecular weight is 384 g/mol. The van der Waals surface area contributed by atoms with Gasteiger partial charge in [-0.05, 0) is 49.2 Å². The van der Waals surface area contributed by atoms with E-state index in [2.05, 4.69) is 20.4 Å². The molecular weight excluding hydrogens is 364 g/mol. The molecule has 0 unspecified atom stereocenters. The van der Waals surface area contributed by atoms with E-state index in [1.807, 2.05) is 24.3 Å². The van der Waals surface area contributed by atoms with Gasteiger partial charge in [0.25, 0.3) is 0 Å². The smallest absolute Gasteiger partial charge is 0.234 e. The fourth-order valence-electron chi connectivity index (χ4n) is 3.01. The summed E-state index contributed by atoms with van der Waals surface area (Å²) in [4.78, 5) is 14.6. The van der Waals surface area contributed by atoms with Gasteiger partial charge in [0.15, 0.2) is 5.76 Å². The van der Waals surface area contributed by atoms with Crippen LogP contribution in [0.4, 0.5) is 11.4 Å². The highest BCUT2D eigenvalue weighted by Crippen LogP contribution is 2.23. The molecule has 0 atom stereocenters. The number of furan rings is 1. The maximum atomic E-state index is 12.2. The Morgan fingerprint density at radius 1 is 1.19 bits per heavy atom. The molecule has 1 aliphatic rings. The molecule has 1 fully saturated rings. The van der Waals surface area contributed by atoms with Gasteiger partial charge in [-0.3, -0.25) is 4.79 Å². The number of thioether (sulfide) groups is 1. The summed E-state index contributed by atoms with van der Waals surface area (Å²) >= 11 is 1.22. The molecule has 3 N–H and O–H groups in total. The topological polar surface area (TPSA) is 102 Å². The monoisotopic (exact) mass is 384 g/mol. The predicted molar refractivity (Wildman–Crippen MR) is 105 cm³/mol. The Hall–Kier alpha value is -2.94. The molecule has 27 heavy (non-hydrogen) atoms. The van der Waals surface area contributed by atoms with Gasteiger partial charge in [0, 0.05) is 24.5 Å². The zero-order valence-electron chi connectivity index (χ0n) is 14.7. The van der Waals surface area contributed by atoms with Crippen LogP contribution in [0.25, 0.3) is 11.6 Å². The lowest BCUT2D eigenvalue weighted by molar-refractivity contribution is -0.113. The Morgan fingerprint density at radius 3 is 2.67 bits per heavy atom. The van der Waals surface area contributed by atoms with Gasteiger partial charge in [-0.1, -0.05) is 11.8 Å². The maximum absolute atomic E-state index is 12.2. The summed E-state index contributed by atoms with van der Waals surface area (Å²) < 4.78 is 6.59. The largest absolute Gasteiger partial charge is 0.461 e. The lowest BCUT2D eigenvalue weighted by Crippen LogP contribution is -2.18. The second-order valence-electron chi connectivity index (χ2n) is 6.23. The van der Waals surface area contributed by atoms with E-state index in [9.17, 15) is 4.79 Å². The number of nitrogens with zero attached hydrogens (tertiary/aromatic N) is 4. The van der Waals surface area contributed by atoms with E-state index >= 15 is 0 Å². The van der Waals surface area contributed by atoms with E-state index in [-0.39, 0.29) is 11.7 Å². The highest BCUT2D eigenvalue weighted by molar-refractivity contribution is 7.99. The fourth-order valence-corrected chi connectivity index (χ4v) is 3.66. The molecule has 140 valence electrons. The first-order valence-electron chi connectivity index (χ1n) is 8.73. The molecule has 4 rings (SSSR count). The summed E-state index contributed by atoms with van der Waals surface area (Å²) in [6, 6.07) is 11.4. The van der Waals surface area contributed by atoms with Crippen molar-refractivity contribution in [3.8, 4) is 11.6 Å². The van der Waals surface area contributed by atoms with Gasteiger partial charge in [-0.2, -0.15) is 0 Å². The Balaban J connectivity index is 1.32. The number of nitrogens with two attached hydrogens (primary N) is 1. The van der Waals surface area contributed by atoms with E-state index in [1.54, 1.807) is 18.4 Å². The second kappa shape index (κ2) is 7.75. The molecule has 2 aromatic heterocycles. The van der Waals surface area contributed by atoms with Crippen LogP contribution in [0.15, 0.2) is 52.2 Å². The SMILES string of the molecule is Nn1c(SCC(=O)Nc2ccc(N3CCCC3)cc2)nnc1-c1ccco1. The lowest BCUT2D eigenvalue weighted by Gasteiger charge is -2.17. The number of hydrogen-bond acceptors (Lipinski definition) is 7. The minimum atomic E-state index is -0.128. The van der Waals surface area contributed by atoms with Crippen molar-refractivity contribution in [2.75, 3.05) is 34.9 Å². The van der Waals surface area contributed by atoms with Crippen molar-refractivity contribution in [2.24, 2.45) is 0 Å². The molecule has 9 heteroatoms. The van der Waals surface area contributed by atoms with E-state index in [0.29, 0.717) is 16.7 Å².